The van der Waals surface area contributed by atoms with Gasteiger partial charge >= 0.3 is 11.9 Å². The maximum absolute atomic E-state index is 14.2. The summed E-state index contributed by atoms with van der Waals surface area (Å²) in [6.07, 6.45) is 6.66. The zero-order valence-corrected chi connectivity index (χ0v) is 42.5. The van der Waals surface area contributed by atoms with Crippen LogP contribution in [0.5, 0.6) is 0 Å². The Hall–Kier alpha value is -4.60. The lowest BCUT2D eigenvalue weighted by atomic mass is 9.99. The molecule has 2 aliphatic heterocycles. The highest BCUT2D eigenvalue weighted by molar-refractivity contribution is 8.76. The first-order chi connectivity index (χ1) is 32.1. The number of hydrogen-bond donors (Lipinski definition) is 9. The average Bonchev–Trinajstić information content (AvgIpc) is 3.24. The predicted molar refractivity (Wildman–Crippen MR) is 259 cm³/mol. The van der Waals surface area contributed by atoms with Crippen LogP contribution in [0.15, 0.2) is 0 Å². The van der Waals surface area contributed by atoms with Gasteiger partial charge in [-0.15, -0.1) is 0 Å². The topological polar surface area (TPSA) is 310 Å². The van der Waals surface area contributed by atoms with Crippen molar-refractivity contribution in [3.05, 3.63) is 0 Å². The highest BCUT2D eigenvalue weighted by atomic mass is 33.1. The van der Waals surface area contributed by atoms with Crippen molar-refractivity contribution in [1.82, 2.24) is 37.2 Å². The van der Waals surface area contributed by atoms with Crippen LogP contribution in [0.3, 0.4) is 0 Å². The quantitative estimate of drug-likeness (QED) is 0.0481. The molecule has 0 radical (unpaired) electrons. The Morgan fingerprint density at radius 1 is 0.603 bits per heavy atom. The Bertz CT molecular complexity index is 1720. The minimum absolute atomic E-state index is 0.0334. The van der Waals surface area contributed by atoms with Gasteiger partial charge in [0.05, 0.1) is 12.8 Å². The minimum Gasteiger partial charge on any atom is -0.481 e. The molecule has 0 aromatic carbocycles. The molecule has 0 aromatic heterocycles. The highest BCUT2D eigenvalue weighted by Gasteiger charge is 2.37. The van der Waals surface area contributed by atoms with Gasteiger partial charge in [0, 0.05) is 17.9 Å². The Kier molecular flexibility index (Phi) is 27.6. The van der Waals surface area contributed by atoms with Crippen LogP contribution in [0.2, 0.25) is 0 Å². The molecule has 0 spiro atoms. The zero-order chi connectivity index (χ0) is 50.9. The number of esters is 1. The molecule has 0 aromatic rings. The third-order valence-corrected chi connectivity index (χ3v) is 13.8. The van der Waals surface area contributed by atoms with Crippen LogP contribution in [-0.4, -0.2) is 124 Å². The number of nitrogens with one attached hydrogen (secondary N) is 7. The van der Waals surface area contributed by atoms with E-state index in [-0.39, 0.29) is 61.9 Å². The number of carboxylic acids is 1. The van der Waals surface area contributed by atoms with E-state index in [0.717, 1.165) is 60.1 Å². The van der Waals surface area contributed by atoms with Gasteiger partial charge < -0.3 is 52.8 Å². The first kappa shape index (κ1) is 59.5. The fourth-order valence-corrected chi connectivity index (χ4v) is 9.97. The summed E-state index contributed by atoms with van der Waals surface area (Å²) in [6.45, 7) is 12.6. The molecule has 2 aliphatic rings. The average molecular weight is 999 g/mol. The summed E-state index contributed by atoms with van der Waals surface area (Å²) in [5.74, 6) is -10.2. The number of unbranched alkanes of at least 4 members (excludes halogenated alkanes) is 8. The van der Waals surface area contributed by atoms with E-state index in [1.165, 1.54) is 12.8 Å². The monoisotopic (exact) mass is 999 g/mol. The smallest absolute Gasteiger partial charge is 0.329 e. The van der Waals surface area contributed by atoms with Gasteiger partial charge in [-0.2, -0.15) is 0 Å². The van der Waals surface area contributed by atoms with Crippen molar-refractivity contribution in [2.45, 2.75) is 200 Å². The van der Waals surface area contributed by atoms with E-state index < -0.39 is 120 Å². The van der Waals surface area contributed by atoms with Crippen molar-refractivity contribution in [3.63, 3.8) is 0 Å². The van der Waals surface area contributed by atoms with Gasteiger partial charge in [0.25, 0.3) is 0 Å². The summed E-state index contributed by atoms with van der Waals surface area (Å²) in [4.78, 5) is 136. The number of carbonyl (C=O) groups is 10. The van der Waals surface area contributed by atoms with E-state index in [0.29, 0.717) is 6.42 Å². The van der Waals surface area contributed by atoms with Crippen molar-refractivity contribution >= 4 is 80.8 Å². The first-order valence-electron chi connectivity index (χ1n) is 24.2. The second-order valence-corrected chi connectivity index (χ2v) is 21.5. The second-order valence-electron chi connectivity index (χ2n) is 19.0. The van der Waals surface area contributed by atoms with Crippen molar-refractivity contribution in [2.75, 3.05) is 11.5 Å². The van der Waals surface area contributed by atoms with Gasteiger partial charge in [-0.05, 0) is 49.9 Å². The van der Waals surface area contributed by atoms with Crippen molar-refractivity contribution in [1.29, 1.82) is 0 Å². The van der Waals surface area contributed by atoms with Crippen molar-refractivity contribution < 1.29 is 57.8 Å². The summed E-state index contributed by atoms with van der Waals surface area (Å²) >= 11 is 0. The molecule has 2 bridgehead atoms. The molecular formula is C46H78N8O12S2. The van der Waals surface area contributed by atoms with Gasteiger partial charge in [-0.25, -0.2) is 4.79 Å². The number of amides is 8. The van der Waals surface area contributed by atoms with Crippen LogP contribution in [-0.2, 0) is 52.7 Å². The van der Waals surface area contributed by atoms with Crippen molar-refractivity contribution in [2.24, 2.45) is 23.5 Å². The van der Waals surface area contributed by atoms with Crippen LogP contribution in [0.25, 0.3) is 0 Å². The molecule has 2 rings (SSSR count). The van der Waals surface area contributed by atoms with Crippen LogP contribution in [0, 0.1) is 17.8 Å². The van der Waals surface area contributed by atoms with Gasteiger partial charge in [0.15, 0.2) is 0 Å². The lowest BCUT2D eigenvalue weighted by molar-refractivity contribution is -0.154. The lowest BCUT2D eigenvalue weighted by Gasteiger charge is -2.29. The van der Waals surface area contributed by atoms with Gasteiger partial charge in [-0.1, -0.05) is 121 Å². The summed E-state index contributed by atoms with van der Waals surface area (Å²) in [7, 11) is 2.13. The van der Waals surface area contributed by atoms with E-state index in [4.69, 9.17) is 10.5 Å². The normalized spacial score (nSPS) is 25.6. The van der Waals surface area contributed by atoms with E-state index in [2.05, 4.69) is 44.1 Å². The number of nitrogens with two attached hydrogens (primary N) is 1. The second kappa shape index (κ2) is 31.5. The van der Waals surface area contributed by atoms with Gasteiger partial charge in [-0.3, -0.25) is 43.2 Å². The number of ether oxygens (including phenoxy) is 1. The highest BCUT2D eigenvalue weighted by Crippen LogP contribution is 2.25. The Morgan fingerprint density at radius 3 is 1.63 bits per heavy atom. The van der Waals surface area contributed by atoms with Crippen molar-refractivity contribution in [3.8, 4) is 0 Å². The first-order valence-corrected chi connectivity index (χ1v) is 26.7. The number of rotatable bonds is 20. The molecule has 0 unspecified atom stereocenters. The molecule has 10 N–H and O–H groups in total. The predicted octanol–water partition coefficient (Wildman–Crippen LogP) is 2.50. The Morgan fingerprint density at radius 2 is 1.09 bits per heavy atom. The molecule has 386 valence electrons. The summed E-state index contributed by atoms with van der Waals surface area (Å²) < 4.78 is 5.99. The summed E-state index contributed by atoms with van der Waals surface area (Å²) in [6, 6.07) is -9.71. The fourth-order valence-electron chi connectivity index (χ4n) is 7.66. The van der Waals surface area contributed by atoms with E-state index in [1.807, 2.05) is 0 Å². The third kappa shape index (κ3) is 23.1. The molecule has 22 heteroatoms. The number of cyclic esters (lactones) is 1. The van der Waals surface area contributed by atoms with Crippen LogP contribution in [0.1, 0.15) is 151 Å². The summed E-state index contributed by atoms with van der Waals surface area (Å²) in [5, 5.41) is 28.1. The van der Waals surface area contributed by atoms with Gasteiger partial charge in [0.1, 0.15) is 48.4 Å². The summed E-state index contributed by atoms with van der Waals surface area (Å²) in [5.41, 5.74) is 5.44. The number of aliphatic carboxylic acids is 1. The Labute approximate surface area is 409 Å². The molecule has 0 aliphatic carbocycles. The maximum Gasteiger partial charge on any atom is 0.329 e. The molecule has 20 nitrogen and oxygen atoms in total. The largest absolute Gasteiger partial charge is 0.481 e. The van der Waals surface area contributed by atoms with Crippen LogP contribution >= 0.6 is 21.6 Å². The zero-order valence-electron chi connectivity index (χ0n) is 40.9. The van der Waals surface area contributed by atoms with Crippen LogP contribution < -0.4 is 43.0 Å². The molecule has 2 saturated heterocycles. The minimum atomic E-state index is -1.70. The fraction of sp³-hybridized carbons (Fsp3) is 0.783. The molecular weight excluding hydrogens is 921 g/mol. The van der Waals surface area contributed by atoms with E-state index in [1.54, 1.807) is 41.5 Å². The standard InChI is InChI=1S/C46H78N8O12S2/c1-8-9-10-11-12-13-14-15-16-17-29-22-37(56)48-30(18-19-36(47)55)40(59)52-34-24-67-68-25-35(46(65)66-29)53-41(60)31(20-26(2)3)49-42(61)33(23-38(57)58)51-45(64)39(28(6)7)54-43(62)32(21-27(4)5)50-44(34)63/h26-35,39H,8-25H2,1-7H3,(H2,47,55)(H,48,56)(H,49,61)(H,50,63)(H,51,64)(H,52,59)(H,53,60)(H,54,62)(H,57,58)/t29-,30+,31-,32-,33+,34+,35+,39+/m1/s1. The Balaban J connectivity index is 2.73. The number of carbonyl (C=O) groups excluding carboxylic acids is 9. The number of fused-ring (bicyclic) bond motifs is 5. The molecule has 8 amide bonds. The van der Waals surface area contributed by atoms with Gasteiger partial charge in [0.2, 0.25) is 47.3 Å². The molecule has 2 heterocycles. The third-order valence-electron chi connectivity index (χ3n) is 11.4. The number of hydrogen-bond acceptors (Lipinski definition) is 13. The number of carboxylic acid groups (broad SMARTS) is 1. The molecule has 2 fully saturated rings. The molecule has 0 saturated carbocycles. The molecule has 68 heavy (non-hydrogen) atoms. The number of primary amides is 1. The van der Waals surface area contributed by atoms with E-state index >= 15 is 0 Å². The SMILES string of the molecule is CCCCCCCCCCC[C@@H]1CC(=O)N[C@@H](CCC(N)=O)C(=O)N[C@H]2CSSC[C@H](NC(=O)[C@@H](CC(C)C)NC(=O)[C@H](CC(=O)O)NC(=O)[C@H](C(C)C)NC(=O)[C@@H](CC(C)C)NC2=O)C(=O)O1. The maximum atomic E-state index is 14.2. The van der Waals surface area contributed by atoms with E-state index in [9.17, 15) is 53.1 Å². The van der Waals surface area contributed by atoms with Crippen LogP contribution in [0.4, 0.5) is 0 Å². The molecule has 8 atom stereocenters. The lowest BCUT2D eigenvalue weighted by Crippen LogP contribution is -2.61.